The molecular formula is C20H23N3O3. The van der Waals surface area contributed by atoms with Gasteiger partial charge in [0.15, 0.2) is 0 Å². The zero-order chi connectivity index (χ0) is 18.8. The van der Waals surface area contributed by atoms with E-state index in [1.807, 2.05) is 30.3 Å². The Balaban J connectivity index is 1.70. The number of rotatable bonds is 8. The van der Waals surface area contributed by atoms with Crippen molar-refractivity contribution in [3.63, 3.8) is 0 Å². The lowest BCUT2D eigenvalue weighted by Gasteiger charge is -2.08. The molecule has 0 aliphatic heterocycles. The van der Waals surface area contributed by atoms with Crippen molar-refractivity contribution >= 4 is 29.1 Å². The van der Waals surface area contributed by atoms with E-state index in [-0.39, 0.29) is 18.2 Å². The molecule has 2 aromatic carbocycles. The second kappa shape index (κ2) is 9.98. The van der Waals surface area contributed by atoms with Crippen LogP contribution in [0.2, 0.25) is 0 Å². The third-order valence-corrected chi connectivity index (χ3v) is 3.60. The number of nitrogens with one attached hydrogen (secondary N) is 3. The van der Waals surface area contributed by atoms with Crippen molar-refractivity contribution in [2.75, 3.05) is 17.2 Å². The lowest BCUT2D eigenvalue weighted by molar-refractivity contribution is -0.126. The molecule has 0 atom stereocenters. The van der Waals surface area contributed by atoms with Gasteiger partial charge in [-0.15, -0.1) is 0 Å². The highest BCUT2D eigenvalue weighted by atomic mass is 16.2. The predicted molar refractivity (Wildman–Crippen MR) is 102 cm³/mol. The number of benzene rings is 2. The van der Waals surface area contributed by atoms with Crippen molar-refractivity contribution in [1.82, 2.24) is 5.32 Å². The zero-order valence-electron chi connectivity index (χ0n) is 14.7. The van der Waals surface area contributed by atoms with Crippen molar-refractivity contribution in [2.45, 2.75) is 26.2 Å². The van der Waals surface area contributed by atoms with Gasteiger partial charge < -0.3 is 16.0 Å². The monoisotopic (exact) mass is 353 g/mol. The van der Waals surface area contributed by atoms with E-state index < -0.39 is 5.91 Å². The third kappa shape index (κ3) is 7.17. The Hall–Kier alpha value is -3.15. The topological polar surface area (TPSA) is 87.3 Å². The van der Waals surface area contributed by atoms with Gasteiger partial charge in [0, 0.05) is 24.8 Å². The molecule has 0 bridgehead atoms. The van der Waals surface area contributed by atoms with Gasteiger partial charge in [0.05, 0.1) is 0 Å². The number of anilines is 2. The molecule has 0 saturated heterocycles. The molecule has 2 aromatic rings. The van der Waals surface area contributed by atoms with E-state index in [0.717, 1.165) is 12.8 Å². The van der Waals surface area contributed by atoms with E-state index in [2.05, 4.69) is 16.0 Å². The molecule has 0 saturated carbocycles. The molecule has 136 valence electrons. The highest BCUT2D eigenvalue weighted by molar-refractivity contribution is 6.03. The van der Waals surface area contributed by atoms with Crippen LogP contribution in [0.15, 0.2) is 54.6 Å². The minimum atomic E-state index is -0.398. The second-order valence-corrected chi connectivity index (χ2v) is 5.93. The van der Waals surface area contributed by atoms with Crippen molar-refractivity contribution in [3.05, 3.63) is 60.2 Å². The van der Waals surface area contributed by atoms with Crippen LogP contribution in [0.3, 0.4) is 0 Å². The van der Waals surface area contributed by atoms with Crippen LogP contribution >= 0.6 is 0 Å². The van der Waals surface area contributed by atoms with E-state index in [1.165, 1.54) is 12.5 Å². The number of amides is 3. The molecule has 0 aliphatic carbocycles. The van der Waals surface area contributed by atoms with Crippen LogP contribution in [0, 0.1) is 0 Å². The first kappa shape index (κ1) is 19.2. The Bertz CT molecular complexity index is 760. The van der Waals surface area contributed by atoms with E-state index in [0.29, 0.717) is 17.9 Å². The number of aryl methyl sites for hydroxylation is 1. The summed E-state index contributed by atoms with van der Waals surface area (Å²) in [5, 5.41) is 8.04. The molecule has 0 unspecified atom stereocenters. The smallest absolute Gasteiger partial charge is 0.233 e. The van der Waals surface area contributed by atoms with Crippen molar-refractivity contribution in [2.24, 2.45) is 0 Å². The molecule has 0 spiro atoms. The van der Waals surface area contributed by atoms with Gasteiger partial charge >= 0.3 is 0 Å². The molecule has 2 rings (SSSR count). The Morgan fingerprint density at radius 2 is 1.54 bits per heavy atom. The molecule has 6 nitrogen and oxygen atoms in total. The number of carbonyl (C=O) groups is 3. The van der Waals surface area contributed by atoms with Gasteiger partial charge in [0.1, 0.15) is 6.42 Å². The average molecular weight is 353 g/mol. The first-order valence-electron chi connectivity index (χ1n) is 8.51. The summed E-state index contributed by atoms with van der Waals surface area (Å²) in [5.41, 5.74) is 2.33. The second-order valence-electron chi connectivity index (χ2n) is 5.93. The highest BCUT2D eigenvalue weighted by Gasteiger charge is 2.09. The SMILES string of the molecule is CC(=O)Nc1cccc(NC(=O)CC(=O)NCCCc2ccccc2)c1. The van der Waals surface area contributed by atoms with Gasteiger partial charge in [-0.3, -0.25) is 14.4 Å². The average Bonchev–Trinajstić information content (AvgIpc) is 2.59. The summed E-state index contributed by atoms with van der Waals surface area (Å²) >= 11 is 0. The highest BCUT2D eigenvalue weighted by Crippen LogP contribution is 2.15. The molecule has 0 heterocycles. The van der Waals surface area contributed by atoms with Gasteiger partial charge in [-0.05, 0) is 36.6 Å². The maximum absolute atomic E-state index is 12.0. The molecule has 0 aliphatic rings. The van der Waals surface area contributed by atoms with Crippen molar-refractivity contribution in [1.29, 1.82) is 0 Å². The first-order chi connectivity index (χ1) is 12.5. The summed E-state index contributed by atoms with van der Waals surface area (Å²) in [7, 11) is 0. The van der Waals surface area contributed by atoms with Crippen LogP contribution in [0.1, 0.15) is 25.3 Å². The maximum atomic E-state index is 12.0. The minimum absolute atomic E-state index is 0.191. The fourth-order valence-electron chi connectivity index (χ4n) is 2.46. The van der Waals surface area contributed by atoms with E-state index in [9.17, 15) is 14.4 Å². The van der Waals surface area contributed by atoms with Crippen molar-refractivity contribution in [3.8, 4) is 0 Å². The number of carbonyl (C=O) groups excluding carboxylic acids is 3. The fourth-order valence-corrected chi connectivity index (χ4v) is 2.46. The van der Waals surface area contributed by atoms with E-state index in [4.69, 9.17) is 0 Å². The van der Waals surface area contributed by atoms with Crippen LogP contribution in [0.25, 0.3) is 0 Å². The molecule has 3 N–H and O–H groups in total. The minimum Gasteiger partial charge on any atom is -0.356 e. The van der Waals surface area contributed by atoms with Crippen LogP contribution in [-0.2, 0) is 20.8 Å². The molecule has 6 heteroatoms. The van der Waals surface area contributed by atoms with E-state index >= 15 is 0 Å². The van der Waals surface area contributed by atoms with Gasteiger partial charge in [0.25, 0.3) is 0 Å². The molecule has 3 amide bonds. The number of hydrogen-bond acceptors (Lipinski definition) is 3. The molecule has 0 aromatic heterocycles. The summed E-state index contributed by atoms with van der Waals surface area (Å²) in [4.78, 5) is 34.8. The molecule has 0 fully saturated rings. The Kier molecular flexibility index (Phi) is 7.36. The summed E-state index contributed by atoms with van der Waals surface area (Å²) in [5.74, 6) is -0.900. The lowest BCUT2D eigenvalue weighted by Crippen LogP contribution is -2.29. The van der Waals surface area contributed by atoms with Gasteiger partial charge in [-0.1, -0.05) is 36.4 Å². The Morgan fingerprint density at radius 3 is 2.23 bits per heavy atom. The van der Waals surface area contributed by atoms with Gasteiger partial charge in [-0.25, -0.2) is 0 Å². The summed E-state index contributed by atoms with van der Waals surface area (Å²) < 4.78 is 0. The predicted octanol–water partition coefficient (Wildman–Crippen LogP) is 2.72. The van der Waals surface area contributed by atoms with E-state index in [1.54, 1.807) is 24.3 Å². The first-order valence-corrected chi connectivity index (χ1v) is 8.51. The van der Waals surface area contributed by atoms with Crippen LogP contribution in [0.5, 0.6) is 0 Å². The van der Waals surface area contributed by atoms with Crippen LogP contribution in [-0.4, -0.2) is 24.3 Å². The van der Waals surface area contributed by atoms with Gasteiger partial charge in [-0.2, -0.15) is 0 Å². The summed E-state index contributed by atoms with van der Waals surface area (Å²) in [6.45, 7) is 1.94. The van der Waals surface area contributed by atoms with Crippen LogP contribution in [0.4, 0.5) is 11.4 Å². The molecular weight excluding hydrogens is 330 g/mol. The summed E-state index contributed by atoms with van der Waals surface area (Å²) in [6, 6.07) is 16.8. The van der Waals surface area contributed by atoms with Crippen LogP contribution < -0.4 is 16.0 Å². The Labute approximate surface area is 153 Å². The summed E-state index contributed by atoms with van der Waals surface area (Å²) in [6.07, 6.45) is 1.45. The Morgan fingerprint density at radius 1 is 0.846 bits per heavy atom. The lowest BCUT2D eigenvalue weighted by atomic mass is 10.1. The largest absolute Gasteiger partial charge is 0.356 e. The third-order valence-electron chi connectivity index (χ3n) is 3.60. The zero-order valence-corrected chi connectivity index (χ0v) is 14.7. The fraction of sp³-hybridized carbons (Fsp3) is 0.250. The quantitative estimate of drug-likeness (QED) is 0.504. The normalized spacial score (nSPS) is 10.0. The standard InChI is InChI=1S/C20H23N3O3/c1-15(24)22-17-10-5-11-18(13-17)23-20(26)14-19(25)21-12-6-9-16-7-3-2-4-8-16/h2-5,7-8,10-11,13H,6,9,12,14H2,1H3,(H,21,25)(H,22,24)(H,23,26). The maximum Gasteiger partial charge on any atom is 0.233 e. The molecule has 0 radical (unpaired) electrons. The molecule has 26 heavy (non-hydrogen) atoms. The van der Waals surface area contributed by atoms with Gasteiger partial charge in [0.2, 0.25) is 17.7 Å². The van der Waals surface area contributed by atoms with Crippen molar-refractivity contribution < 1.29 is 14.4 Å². The number of hydrogen-bond donors (Lipinski definition) is 3.